The molecule has 0 bridgehead atoms. The van der Waals surface area contributed by atoms with E-state index in [-0.39, 0.29) is 0 Å². The number of ether oxygens (including phenoxy) is 1. The van der Waals surface area contributed by atoms with Crippen molar-refractivity contribution in [3.8, 4) is 17.0 Å². The zero-order valence-corrected chi connectivity index (χ0v) is 11.2. The van der Waals surface area contributed by atoms with Gasteiger partial charge in [0.25, 0.3) is 0 Å². The van der Waals surface area contributed by atoms with Gasteiger partial charge in [-0.1, -0.05) is 12.1 Å². The number of hydrogen-bond acceptors (Lipinski definition) is 4. The smallest absolute Gasteiger partial charge is 0.132 e. The fourth-order valence-electron chi connectivity index (χ4n) is 2.47. The minimum absolute atomic E-state index is 0.760. The standard InChI is InChI=1S/C15H17N3O/c1-3-16-15-10(2)13(17-9-18-15)12-6-4-5-11-7-8-19-14(11)12/h4-6,9H,3,7-8H2,1-2H3,(H,16,17,18). The number of anilines is 1. The van der Waals surface area contributed by atoms with Gasteiger partial charge < -0.3 is 10.1 Å². The Morgan fingerprint density at radius 2 is 2.21 bits per heavy atom. The number of aromatic nitrogens is 2. The summed E-state index contributed by atoms with van der Waals surface area (Å²) < 4.78 is 5.76. The van der Waals surface area contributed by atoms with Gasteiger partial charge in [-0.25, -0.2) is 9.97 Å². The molecule has 2 heterocycles. The van der Waals surface area contributed by atoms with E-state index in [1.807, 2.05) is 6.92 Å². The van der Waals surface area contributed by atoms with Gasteiger partial charge >= 0.3 is 0 Å². The zero-order chi connectivity index (χ0) is 13.2. The topological polar surface area (TPSA) is 47.0 Å². The van der Waals surface area contributed by atoms with Gasteiger partial charge in [0.05, 0.1) is 12.3 Å². The van der Waals surface area contributed by atoms with Crippen LogP contribution < -0.4 is 10.1 Å². The molecule has 0 spiro atoms. The average Bonchev–Trinajstić information content (AvgIpc) is 2.90. The van der Waals surface area contributed by atoms with Crippen molar-refractivity contribution in [2.24, 2.45) is 0 Å². The minimum Gasteiger partial charge on any atom is -0.492 e. The van der Waals surface area contributed by atoms with Crippen LogP contribution in [0.5, 0.6) is 5.75 Å². The van der Waals surface area contributed by atoms with Gasteiger partial charge in [-0.2, -0.15) is 0 Å². The summed E-state index contributed by atoms with van der Waals surface area (Å²) in [6.07, 6.45) is 2.59. The number of nitrogens with one attached hydrogen (secondary N) is 1. The fraction of sp³-hybridized carbons (Fsp3) is 0.333. The van der Waals surface area contributed by atoms with Crippen molar-refractivity contribution in [3.63, 3.8) is 0 Å². The van der Waals surface area contributed by atoms with Crippen molar-refractivity contribution in [2.45, 2.75) is 20.3 Å². The third kappa shape index (κ3) is 2.03. The summed E-state index contributed by atoms with van der Waals surface area (Å²) in [6, 6.07) is 6.25. The van der Waals surface area contributed by atoms with Crippen LogP contribution in [0.1, 0.15) is 18.1 Å². The summed E-state index contributed by atoms with van der Waals surface area (Å²) in [5.41, 5.74) is 4.34. The molecule has 0 fully saturated rings. The number of nitrogens with zero attached hydrogens (tertiary/aromatic N) is 2. The summed E-state index contributed by atoms with van der Waals surface area (Å²) >= 11 is 0. The maximum atomic E-state index is 5.76. The molecular formula is C15H17N3O. The minimum atomic E-state index is 0.760. The number of benzene rings is 1. The van der Waals surface area contributed by atoms with Crippen LogP contribution in [-0.4, -0.2) is 23.1 Å². The first-order chi connectivity index (χ1) is 9.31. The summed E-state index contributed by atoms with van der Waals surface area (Å²) in [5, 5.41) is 3.26. The van der Waals surface area contributed by atoms with Gasteiger partial charge in [0, 0.05) is 24.1 Å². The lowest BCUT2D eigenvalue weighted by molar-refractivity contribution is 0.358. The summed E-state index contributed by atoms with van der Waals surface area (Å²) in [7, 11) is 0. The van der Waals surface area contributed by atoms with Crippen LogP contribution in [0.25, 0.3) is 11.3 Å². The highest BCUT2D eigenvalue weighted by molar-refractivity contribution is 5.75. The number of fused-ring (bicyclic) bond motifs is 1. The second-order valence-electron chi connectivity index (χ2n) is 4.62. The van der Waals surface area contributed by atoms with Crippen LogP contribution in [0, 0.1) is 6.92 Å². The van der Waals surface area contributed by atoms with Crippen molar-refractivity contribution in [3.05, 3.63) is 35.7 Å². The van der Waals surface area contributed by atoms with E-state index in [9.17, 15) is 0 Å². The Morgan fingerprint density at radius 3 is 3.05 bits per heavy atom. The molecule has 19 heavy (non-hydrogen) atoms. The molecule has 2 aromatic rings. The van der Waals surface area contributed by atoms with Crippen LogP contribution in [0.15, 0.2) is 24.5 Å². The first-order valence-corrected chi connectivity index (χ1v) is 6.61. The normalized spacial score (nSPS) is 12.9. The zero-order valence-electron chi connectivity index (χ0n) is 11.2. The Bertz CT molecular complexity index is 610. The van der Waals surface area contributed by atoms with Crippen molar-refractivity contribution < 1.29 is 4.74 Å². The molecule has 3 rings (SSSR count). The third-order valence-electron chi connectivity index (χ3n) is 3.40. The van der Waals surface area contributed by atoms with E-state index in [0.29, 0.717) is 0 Å². The highest BCUT2D eigenvalue weighted by atomic mass is 16.5. The second-order valence-corrected chi connectivity index (χ2v) is 4.62. The summed E-state index contributed by atoms with van der Waals surface area (Å²) in [5.74, 6) is 1.87. The van der Waals surface area contributed by atoms with Crippen LogP contribution in [0.2, 0.25) is 0 Å². The Balaban J connectivity index is 2.13. The molecule has 98 valence electrons. The molecule has 0 atom stereocenters. The Morgan fingerprint density at radius 1 is 1.32 bits per heavy atom. The predicted octanol–water partition coefficient (Wildman–Crippen LogP) is 2.82. The second kappa shape index (κ2) is 4.88. The molecule has 0 unspecified atom stereocenters. The average molecular weight is 255 g/mol. The highest BCUT2D eigenvalue weighted by Crippen LogP contribution is 2.37. The van der Waals surface area contributed by atoms with E-state index in [4.69, 9.17) is 4.74 Å². The Hall–Kier alpha value is -2.10. The van der Waals surface area contributed by atoms with Crippen molar-refractivity contribution >= 4 is 5.82 Å². The van der Waals surface area contributed by atoms with Gasteiger partial charge in [0.15, 0.2) is 0 Å². The molecule has 4 nitrogen and oxygen atoms in total. The lowest BCUT2D eigenvalue weighted by Gasteiger charge is -2.12. The summed E-state index contributed by atoms with van der Waals surface area (Å²) in [6.45, 7) is 5.71. The van der Waals surface area contributed by atoms with E-state index in [1.54, 1.807) is 6.33 Å². The van der Waals surface area contributed by atoms with Crippen molar-refractivity contribution in [2.75, 3.05) is 18.5 Å². The highest BCUT2D eigenvalue weighted by Gasteiger charge is 2.19. The van der Waals surface area contributed by atoms with Gasteiger partial charge in [-0.3, -0.25) is 0 Å². The molecule has 1 aromatic carbocycles. The molecule has 1 aliphatic rings. The SMILES string of the molecule is CCNc1ncnc(-c2cccc3c2OCC3)c1C. The first-order valence-electron chi connectivity index (χ1n) is 6.61. The lowest BCUT2D eigenvalue weighted by atomic mass is 10.0. The van der Waals surface area contributed by atoms with E-state index in [0.717, 1.165) is 48.0 Å². The van der Waals surface area contributed by atoms with Crippen molar-refractivity contribution in [1.82, 2.24) is 9.97 Å². The Labute approximate surface area is 112 Å². The van der Waals surface area contributed by atoms with Gasteiger partial charge in [0.1, 0.15) is 17.9 Å². The van der Waals surface area contributed by atoms with Gasteiger partial charge in [-0.15, -0.1) is 0 Å². The van der Waals surface area contributed by atoms with Crippen LogP contribution in [0.3, 0.4) is 0 Å². The first kappa shape index (κ1) is 12.0. The molecule has 0 aliphatic carbocycles. The molecule has 0 saturated carbocycles. The monoisotopic (exact) mass is 255 g/mol. The van der Waals surface area contributed by atoms with Gasteiger partial charge in [-0.05, 0) is 25.5 Å². The maximum Gasteiger partial charge on any atom is 0.132 e. The molecule has 1 aromatic heterocycles. The van der Waals surface area contributed by atoms with E-state index >= 15 is 0 Å². The molecular weight excluding hydrogens is 238 g/mol. The summed E-state index contributed by atoms with van der Waals surface area (Å²) in [4.78, 5) is 8.72. The lowest BCUT2D eigenvalue weighted by Crippen LogP contribution is -2.04. The molecule has 1 aliphatic heterocycles. The number of rotatable bonds is 3. The van der Waals surface area contributed by atoms with E-state index in [1.165, 1.54) is 5.56 Å². The van der Waals surface area contributed by atoms with Crippen LogP contribution in [0.4, 0.5) is 5.82 Å². The predicted molar refractivity (Wildman–Crippen MR) is 75.6 cm³/mol. The fourth-order valence-corrected chi connectivity index (χ4v) is 2.47. The van der Waals surface area contributed by atoms with Gasteiger partial charge in [0.2, 0.25) is 0 Å². The third-order valence-corrected chi connectivity index (χ3v) is 3.40. The van der Waals surface area contributed by atoms with E-state index < -0.39 is 0 Å². The molecule has 4 heteroatoms. The van der Waals surface area contributed by atoms with E-state index in [2.05, 4.69) is 40.4 Å². The molecule has 0 radical (unpaired) electrons. The molecule has 0 amide bonds. The van der Waals surface area contributed by atoms with Crippen LogP contribution >= 0.6 is 0 Å². The maximum absolute atomic E-state index is 5.76. The molecule has 0 saturated heterocycles. The van der Waals surface area contributed by atoms with Crippen LogP contribution in [-0.2, 0) is 6.42 Å². The largest absolute Gasteiger partial charge is 0.492 e. The Kier molecular flexibility index (Phi) is 3.07. The number of hydrogen-bond donors (Lipinski definition) is 1. The quantitative estimate of drug-likeness (QED) is 0.916. The molecule has 1 N–H and O–H groups in total. The number of para-hydroxylation sites is 1. The van der Waals surface area contributed by atoms with Crippen molar-refractivity contribution in [1.29, 1.82) is 0 Å².